The van der Waals surface area contributed by atoms with E-state index in [1.54, 1.807) is 0 Å². The lowest BCUT2D eigenvalue weighted by Crippen LogP contribution is -2.34. The Morgan fingerprint density at radius 1 is 0.929 bits per heavy atom. The molecule has 1 aromatic heterocycles. The van der Waals surface area contributed by atoms with Gasteiger partial charge in [-0.15, -0.1) is 0 Å². The van der Waals surface area contributed by atoms with Crippen molar-refractivity contribution in [1.29, 1.82) is 5.41 Å². The lowest BCUT2D eigenvalue weighted by molar-refractivity contribution is 0.142. The molecule has 2 aliphatic rings. The van der Waals surface area contributed by atoms with E-state index in [2.05, 4.69) is 48.7 Å². The van der Waals surface area contributed by atoms with Crippen LogP contribution in [0.5, 0.6) is 0 Å². The number of hydrogen-bond donors (Lipinski definition) is 1. The van der Waals surface area contributed by atoms with E-state index in [0.717, 1.165) is 50.2 Å². The first kappa shape index (κ1) is 21.7. The Morgan fingerprint density at radius 2 is 1.50 bits per heavy atom. The van der Waals surface area contributed by atoms with Crippen molar-refractivity contribution in [2.24, 2.45) is 17.3 Å². The standard InChI is InChI=1S/C24H44N4/c1-6-26(7-2)16-17-27-21-10-8-9-11-22(21)28(23(27)25)18-19-12-14-20(15-13-19)24(3,4)5/h19-20,25H,6-18H2,1-5H3. The average Bonchev–Trinajstić information content (AvgIpc) is 2.94. The van der Waals surface area contributed by atoms with Crippen LogP contribution in [0.4, 0.5) is 0 Å². The molecular formula is C24H44N4. The molecule has 1 saturated carbocycles. The number of nitrogens with one attached hydrogen (secondary N) is 1. The van der Waals surface area contributed by atoms with Crippen molar-refractivity contribution in [3.63, 3.8) is 0 Å². The highest BCUT2D eigenvalue weighted by Crippen LogP contribution is 2.40. The van der Waals surface area contributed by atoms with E-state index in [9.17, 15) is 0 Å². The van der Waals surface area contributed by atoms with E-state index >= 15 is 0 Å². The second kappa shape index (κ2) is 9.19. The van der Waals surface area contributed by atoms with Gasteiger partial charge in [-0.3, -0.25) is 5.41 Å². The first-order valence-electron chi connectivity index (χ1n) is 11.9. The molecule has 4 nitrogen and oxygen atoms in total. The number of nitrogens with zero attached hydrogens (tertiary/aromatic N) is 3. The highest BCUT2D eigenvalue weighted by atomic mass is 15.2. The van der Waals surface area contributed by atoms with Gasteiger partial charge in [0.1, 0.15) is 0 Å². The summed E-state index contributed by atoms with van der Waals surface area (Å²) < 4.78 is 4.77. The molecule has 28 heavy (non-hydrogen) atoms. The maximum atomic E-state index is 8.97. The van der Waals surface area contributed by atoms with Crippen LogP contribution in [0.1, 0.15) is 84.5 Å². The van der Waals surface area contributed by atoms with E-state index in [1.807, 2.05) is 0 Å². The largest absolute Gasteiger partial charge is 0.314 e. The van der Waals surface area contributed by atoms with Crippen LogP contribution in [0, 0.1) is 22.7 Å². The van der Waals surface area contributed by atoms with Crippen molar-refractivity contribution in [2.75, 3.05) is 19.6 Å². The van der Waals surface area contributed by atoms with Gasteiger partial charge < -0.3 is 14.0 Å². The van der Waals surface area contributed by atoms with Gasteiger partial charge in [-0.05, 0) is 81.7 Å². The lowest BCUT2D eigenvalue weighted by Gasteiger charge is -2.37. The zero-order valence-electron chi connectivity index (χ0n) is 19.2. The van der Waals surface area contributed by atoms with Gasteiger partial charge in [-0.25, -0.2) is 0 Å². The van der Waals surface area contributed by atoms with Crippen LogP contribution in [0.3, 0.4) is 0 Å². The fourth-order valence-corrected chi connectivity index (χ4v) is 5.54. The molecule has 0 bridgehead atoms. The number of hydrogen-bond acceptors (Lipinski definition) is 2. The van der Waals surface area contributed by atoms with Gasteiger partial charge in [-0.2, -0.15) is 0 Å². The molecule has 0 saturated heterocycles. The molecule has 2 aliphatic carbocycles. The molecule has 0 aliphatic heterocycles. The highest BCUT2D eigenvalue weighted by molar-refractivity contribution is 5.18. The second-order valence-electron chi connectivity index (χ2n) is 10.3. The SMILES string of the molecule is CCN(CC)CCn1c2c(n(CC3CCC(C(C)(C)C)CC3)c1=N)CCCC2. The predicted octanol–water partition coefficient (Wildman–Crippen LogP) is 4.84. The van der Waals surface area contributed by atoms with E-state index in [1.165, 1.54) is 62.8 Å². The quantitative estimate of drug-likeness (QED) is 0.713. The lowest BCUT2D eigenvalue weighted by atomic mass is 9.70. The predicted molar refractivity (Wildman–Crippen MR) is 118 cm³/mol. The third kappa shape index (κ3) is 4.75. The Labute approximate surface area is 172 Å². The van der Waals surface area contributed by atoms with Crippen molar-refractivity contribution in [3.8, 4) is 0 Å². The molecule has 0 spiro atoms. The molecule has 1 heterocycles. The van der Waals surface area contributed by atoms with Crippen LogP contribution >= 0.6 is 0 Å². The molecule has 1 N–H and O–H groups in total. The summed E-state index contributed by atoms with van der Waals surface area (Å²) >= 11 is 0. The average molecular weight is 389 g/mol. The number of aromatic nitrogens is 2. The van der Waals surface area contributed by atoms with Gasteiger partial charge in [0.25, 0.3) is 0 Å². The topological polar surface area (TPSA) is 37.0 Å². The normalized spacial score (nSPS) is 23.2. The van der Waals surface area contributed by atoms with E-state index in [4.69, 9.17) is 5.41 Å². The first-order chi connectivity index (χ1) is 13.3. The Morgan fingerprint density at radius 3 is 2.04 bits per heavy atom. The van der Waals surface area contributed by atoms with Crippen molar-refractivity contribution in [3.05, 3.63) is 17.0 Å². The Kier molecular flexibility index (Phi) is 7.12. The molecule has 0 aromatic carbocycles. The monoisotopic (exact) mass is 388 g/mol. The minimum atomic E-state index is 0.450. The summed E-state index contributed by atoms with van der Waals surface area (Å²) in [7, 11) is 0. The summed E-state index contributed by atoms with van der Waals surface area (Å²) in [5.41, 5.74) is 4.20. The van der Waals surface area contributed by atoms with Crippen LogP contribution < -0.4 is 5.62 Å². The van der Waals surface area contributed by atoms with Crippen molar-refractivity contribution >= 4 is 0 Å². The summed E-state index contributed by atoms with van der Waals surface area (Å²) in [5, 5.41) is 8.97. The number of fused-ring (bicyclic) bond motifs is 1. The Hall–Kier alpha value is -1.03. The van der Waals surface area contributed by atoms with Gasteiger partial charge in [0.2, 0.25) is 5.62 Å². The summed E-state index contributed by atoms with van der Waals surface area (Å²) in [6, 6.07) is 0. The van der Waals surface area contributed by atoms with E-state index in [-0.39, 0.29) is 0 Å². The van der Waals surface area contributed by atoms with Crippen molar-refractivity contribution < 1.29 is 0 Å². The Bertz CT molecular complexity index is 679. The second-order valence-corrected chi connectivity index (χ2v) is 10.3. The van der Waals surface area contributed by atoms with Crippen LogP contribution in [-0.2, 0) is 25.9 Å². The molecule has 160 valence electrons. The number of imidazole rings is 1. The molecular weight excluding hydrogens is 344 g/mol. The van der Waals surface area contributed by atoms with Crippen LogP contribution in [0.25, 0.3) is 0 Å². The smallest absolute Gasteiger partial charge is 0.202 e. The van der Waals surface area contributed by atoms with E-state index in [0.29, 0.717) is 5.41 Å². The van der Waals surface area contributed by atoms with Gasteiger partial charge in [-0.1, -0.05) is 34.6 Å². The Balaban J connectivity index is 1.74. The number of likely N-dealkylation sites (N-methyl/N-ethyl adjacent to an activating group) is 1. The van der Waals surface area contributed by atoms with Crippen LogP contribution in [0.15, 0.2) is 0 Å². The minimum absolute atomic E-state index is 0.450. The molecule has 1 fully saturated rings. The van der Waals surface area contributed by atoms with Crippen molar-refractivity contribution in [2.45, 2.75) is 99.1 Å². The maximum Gasteiger partial charge on any atom is 0.202 e. The summed E-state index contributed by atoms with van der Waals surface area (Å²) in [5.74, 6) is 1.63. The summed E-state index contributed by atoms with van der Waals surface area (Å²) in [6.45, 7) is 17.0. The fraction of sp³-hybridized carbons (Fsp3) is 0.875. The summed E-state index contributed by atoms with van der Waals surface area (Å²) in [4.78, 5) is 2.48. The molecule has 0 atom stereocenters. The zero-order valence-corrected chi connectivity index (χ0v) is 19.2. The molecule has 1 aromatic rings. The molecule has 0 unspecified atom stereocenters. The zero-order chi connectivity index (χ0) is 20.3. The van der Waals surface area contributed by atoms with Gasteiger partial charge in [0, 0.05) is 31.0 Å². The third-order valence-electron chi connectivity index (χ3n) is 7.62. The third-order valence-corrected chi connectivity index (χ3v) is 7.62. The minimum Gasteiger partial charge on any atom is -0.314 e. The maximum absolute atomic E-state index is 8.97. The first-order valence-corrected chi connectivity index (χ1v) is 11.9. The molecule has 0 amide bonds. The van der Waals surface area contributed by atoms with Crippen LogP contribution in [-0.4, -0.2) is 33.7 Å². The summed E-state index contributed by atoms with van der Waals surface area (Å²) in [6.07, 6.45) is 10.4. The number of rotatable bonds is 7. The van der Waals surface area contributed by atoms with Gasteiger partial charge >= 0.3 is 0 Å². The highest BCUT2D eigenvalue weighted by Gasteiger charge is 2.31. The van der Waals surface area contributed by atoms with Crippen LogP contribution in [0.2, 0.25) is 0 Å². The molecule has 4 heteroatoms. The van der Waals surface area contributed by atoms with Gasteiger partial charge in [0.15, 0.2) is 0 Å². The molecule has 3 rings (SSSR count). The van der Waals surface area contributed by atoms with Crippen molar-refractivity contribution in [1.82, 2.24) is 14.0 Å². The molecule has 0 radical (unpaired) electrons. The van der Waals surface area contributed by atoms with Gasteiger partial charge in [0.05, 0.1) is 0 Å². The van der Waals surface area contributed by atoms with E-state index < -0.39 is 0 Å². The fourth-order valence-electron chi connectivity index (χ4n) is 5.54.